The number of nitrogens with one attached hydrogen (secondary N) is 3. The van der Waals surface area contributed by atoms with Crippen molar-refractivity contribution in [3.05, 3.63) is 111 Å². The van der Waals surface area contributed by atoms with E-state index in [0.29, 0.717) is 29.6 Å². The van der Waals surface area contributed by atoms with E-state index in [4.69, 9.17) is 0 Å². The Morgan fingerprint density at radius 2 is 1.78 bits per heavy atom. The number of phenolic OH excluding ortho intramolecular Hbond substituents is 1. The van der Waals surface area contributed by atoms with Crippen LogP contribution in [0.2, 0.25) is 0 Å². The molecule has 6 nitrogen and oxygen atoms in total. The fraction of sp³-hybridized carbons (Fsp3) is 0.138. The van der Waals surface area contributed by atoms with Crippen LogP contribution in [-0.2, 0) is 6.42 Å². The van der Waals surface area contributed by atoms with Crippen LogP contribution in [0.3, 0.4) is 0 Å². The molecule has 3 aromatic carbocycles. The molecule has 36 heavy (non-hydrogen) atoms. The highest BCUT2D eigenvalue weighted by Gasteiger charge is 2.13. The minimum Gasteiger partial charge on any atom is -0.506 e. The zero-order valence-electron chi connectivity index (χ0n) is 19.6. The summed E-state index contributed by atoms with van der Waals surface area (Å²) in [5, 5.41) is 32.3. The van der Waals surface area contributed by atoms with Crippen LogP contribution in [0.4, 0.5) is 11.4 Å². The summed E-state index contributed by atoms with van der Waals surface area (Å²) in [7, 11) is 0. The van der Waals surface area contributed by atoms with E-state index in [0.717, 1.165) is 17.8 Å². The van der Waals surface area contributed by atoms with Crippen LogP contribution < -0.4 is 16.2 Å². The number of rotatable bonds is 9. The Balaban J connectivity index is 1.14. The van der Waals surface area contributed by atoms with Gasteiger partial charge in [-0.25, -0.2) is 0 Å². The van der Waals surface area contributed by atoms with Gasteiger partial charge in [0.1, 0.15) is 5.75 Å². The van der Waals surface area contributed by atoms with Gasteiger partial charge in [0.05, 0.1) is 11.6 Å². The molecule has 7 heteroatoms. The van der Waals surface area contributed by atoms with Crippen molar-refractivity contribution in [1.29, 1.82) is 0 Å². The van der Waals surface area contributed by atoms with Crippen LogP contribution >= 0.6 is 11.3 Å². The molecule has 0 spiro atoms. The molecule has 0 amide bonds. The van der Waals surface area contributed by atoms with Gasteiger partial charge < -0.3 is 25.8 Å². The molecule has 0 bridgehead atoms. The van der Waals surface area contributed by atoms with Crippen molar-refractivity contribution in [1.82, 2.24) is 10.3 Å². The number of aromatic amines is 1. The fourth-order valence-corrected chi connectivity index (χ4v) is 4.92. The van der Waals surface area contributed by atoms with Crippen molar-refractivity contribution in [2.24, 2.45) is 0 Å². The average Bonchev–Trinajstić information content (AvgIpc) is 3.43. The largest absolute Gasteiger partial charge is 0.506 e. The first kappa shape index (κ1) is 23.8. The number of hydrogen-bond donors (Lipinski definition) is 5. The summed E-state index contributed by atoms with van der Waals surface area (Å²) >= 11 is 1.70. The maximum Gasteiger partial charge on any atom is 0.248 e. The number of anilines is 2. The summed E-state index contributed by atoms with van der Waals surface area (Å²) in [6.45, 7) is 1.07. The number of hydrogen-bond acceptors (Lipinski definition) is 6. The van der Waals surface area contributed by atoms with Crippen LogP contribution in [0.1, 0.15) is 17.2 Å². The Labute approximate surface area is 212 Å². The van der Waals surface area contributed by atoms with Gasteiger partial charge in [0.25, 0.3) is 0 Å². The van der Waals surface area contributed by atoms with E-state index in [1.165, 1.54) is 28.8 Å². The van der Waals surface area contributed by atoms with Crippen molar-refractivity contribution in [3.8, 4) is 16.9 Å². The first-order chi connectivity index (χ1) is 17.6. The molecular formula is C29H27N3O3S. The molecule has 0 unspecified atom stereocenters. The Morgan fingerprint density at radius 1 is 0.917 bits per heavy atom. The van der Waals surface area contributed by atoms with Crippen LogP contribution in [0, 0.1) is 0 Å². The molecule has 2 heterocycles. The van der Waals surface area contributed by atoms with Crippen molar-refractivity contribution in [3.63, 3.8) is 0 Å². The van der Waals surface area contributed by atoms with Crippen molar-refractivity contribution >= 4 is 33.6 Å². The molecule has 5 rings (SSSR count). The molecule has 1 atom stereocenters. The Kier molecular flexibility index (Phi) is 7.13. The standard InChI is InChI=1S/C29H27N3O3S/c33-26-10-8-24(25-9-11-28(35)32-29(25)26)27(34)17-30-14-12-19-4-6-22(7-5-19)31-23-3-1-2-20(16-23)21-13-15-36-18-21/h1-11,13,15-16,18,27,30-31,33-34H,12,14,17H2,(H,32,35)/t27-/m0/s1. The number of fused-ring (bicyclic) bond motifs is 1. The van der Waals surface area contributed by atoms with E-state index in [9.17, 15) is 15.0 Å². The quantitative estimate of drug-likeness (QED) is 0.172. The van der Waals surface area contributed by atoms with Gasteiger partial charge in [-0.15, -0.1) is 0 Å². The zero-order chi connectivity index (χ0) is 24.9. The zero-order valence-corrected chi connectivity index (χ0v) is 20.4. The molecule has 0 aliphatic heterocycles. The summed E-state index contributed by atoms with van der Waals surface area (Å²) in [5.74, 6) is -0.0142. The lowest BCUT2D eigenvalue weighted by Crippen LogP contribution is -2.24. The molecule has 5 N–H and O–H groups in total. The van der Waals surface area contributed by atoms with Gasteiger partial charge in [0, 0.05) is 29.4 Å². The highest BCUT2D eigenvalue weighted by Crippen LogP contribution is 2.29. The van der Waals surface area contributed by atoms with Gasteiger partial charge in [-0.3, -0.25) is 4.79 Å². The van der Waals surface area contributed by atoms with Crippen LogP contribution in [-0.4, -0.2) is 28.3 Å². The Bertz CT molecular complexity index is 1510. The van der Waals surface area contributed by atoms with E-state index in [1.807, 2.05) is 0 Å². The highest BCUT2D eigenvalue weighted by atomic mass is 32.1. The SMILES string of the molecule is O=c1ccc2c([C@@H](O)CNCCc3ccc(Nc4cccc(-c5ccsc5)c4)cc3)ccc(O)c2[nH]1. The predicted molar refractivity (Wildman–Crippen MR) is 147 cm³/mol. The minimum absolute atomic E-state index is 0.0142. The van der Waals surface area contributed by atoms with Crippen LogP contribution in [0.25, 0.3) is 22.0 Å². The summed E-state index contributed by atoms with van der Waals surface area (Å²) in [5.41, 5.74) is 6.40. The molecule has 182 valence electrons. The second-order valence-electron chi connectivity index (χ2n) is 8.67. The Morgan fingerprint density at radius 3 is 2.58 bits per heavy atom. The molecule has 5 aromatic rings. The van der Waals surface area contributed by atoms with E-state index in [-0.39, 0.29) is 11.3 Å². The number of aliphatic hydroxyl groups is 1. The number of aliphatic hydroxyl groups excluding tert-OH is 1. The summed E-state index contributed by atoms with van der Waals surface area (Å²) < 4.78 is 0. The van der Waals surface area contributed by atoms with Crippen molar-refractivity contribution in [2.75, 3.05) is 18.4 Å². The molecule has 0 radical (unpaired) electrons. The second-order valence-corrected chi connectivity index (χ2v) is 9.45. The number of phenols is 1. The molecule has 0 fully saturated rings. The van der Waals surface area contributed by atoms with Gasteiger partial charge in [0.15, 0.2) is 0 Å². The maximum atomic E-state index is 11.6. The lowest BCUT2D eigenvalue weighted by atomic mass is 10.0. The second kappa shape index (κ2) is 10.8. The topological polar surface area (TPSA) is 97.4 Å². The van der Waals surface area contributed by atoms with E-state index >= 15 is 0 Å². The predicted octanol–water partition coefficient (Wildman–Crippen LogP) is 5.57. The van der Waals surface area contributed by atoms with Crippen LogP contribution in [0.5, 0.6) is 5.75 Å². The summed E-state index contributed by atoms with van der Waals surface area (Å²) in [4.78, 5) is 14.2. The smallest absolute Gasteiger partial charge is 0.248 e. The lowest BCUT2D eigenvalue weighted by molar-refractivity contribution is 0.176. The normalized spacial score (nSPS) is 12.0. The molecular weight excluding hydrogens is 470 g/mol. The van der Waals surface area contributed by atoms with E-state index in [2.05, 4.69) is 81.0 Å². The molecule has 0 aliphatic rings. The average molecular weight is 498 g/mol. The third kappa shape index (κ3) is 5.49. The van der Waals surface area contributed by atoms with E-state index in [1.54, 1.807) is 23.5 Å². The third-order valence-electron chi connectivity index (χ3n) is 6.15. The number of aromatic hydroxyl groups is 1. The minimum atomic E-state index is -0.768. The first-order valence-corrected chi connectivity index (χ1v) is 12.7. The van der Waals surface area contributed by atoms with Gasteiger partial charge in [-0.1, -0.05) is 30.3 Å². The Hall–Kier alpha value is -3.91. The van der Waals surface area contributed by atoms with Gasteiger partial charge in [0.2, 0.25) is 5.56 Å². The number of benzene rings is 3. The maximum absolute atomic E-state index is 11.6. The number of H-pyrrole nitrogens is 1. The van der Waals surface area contributed by atoms with Crippen molar-refractivity contribution in [2.45, 2.75) is 12.5 Å². The monoisotopic (exact) mass is 497 g/mol. The van der Waals surface area contributed by atoms with Gasteiger partial charge in [-0.05, 0) is 88.4 Å². The molecule has 2 aromatic heterocycles. The summed E-state index contributed by atoms with van der Waals surface area (Å²) in [6.07, 6.45) is 0.0556. The number of pyridine rings is 1. The lowest BCUT2D eigenvalue weighted by Gasteiger charge is -2.15. The molecule has 0 saturated carbocycles. The number of aromatic nitrogens is 1. The van der Waals surface area contributed by atoms with Gasteiger partial charge in [-0.2, -0.15) is 11.3 Å². The van der Waals surface area contributed by atoms with Crippen LogP contribution in [0.15, 0.2) is 94.4 Å². The fourth-order valence-electron chi connectivity index (χ4n) is 4.26. The van der Waals surface area contributed by atoms with Crippen molar-refractivity contribution < 1.29 is 10.2 Å². The highest BCUT2D eigenvalue weighted by molar-refractivity contribution is 7.08. The van der Waals surface area contributed by atoms with E-state index < -0.39 is 6.10 Å². The third-order valence-corrected chi connectivity index (χ3v) is 6.84. The summed E-state index contributed by atoms with van der Waals surface area (Å²) in [6, 6.07) is 25.1. The first-order valence-electron chi connectivity index (χ1n) is 11.8. The van der Waals surface area contributed by atoms with Gasteiger partial charge >= 0.3 is 0 Å². The number of thiophene rings is 1. The molecule has 0 saturated heterocycles. The molecule has 0 aliphatic carbocycles.